The largest absolute Gasteiger partial charge is 0.480 e. The summed E-state index contributed by atoms with van der Waals surface area (Å²) in [7, 11) is 0. The molecule has 20 heavy (non-hydrogen) atoms. The Balaban J connectivity index is 1.85. The lowest BCUT2D eigenvalue weighted by Crippen LogP contribution is -2.45. The highest BCUT2D eigenvalue weighted by atomic mass is 32.1. The number of carbonyl (C=O) groups excluding carboxylic acids is 1. The van der Waals surface area contributed by atoms with E-state index in [-0.39, 0.29) is 12.5 Å². The van der Waals surface area contributed by atoms with Crippen molar-refractivity contribution in [2.24, 2.45) is 0 Å². The van der Waals surface area contributed by atoms with Gasteiger partial charge < -0.3 is 10.0 Å². The first-order valence-electron chi connectivity index (χ1n) is 6.91. The number of fused-ring (bicyclic) bond motifs is 1. The summed E-state index contributed by atoms with van der Waals surface area (Å²) in [6.07, 6.45) is 2.22. The highest BCUT2D eigenvalue weighted by Crippen LogP contribution is 2.23. The van der Waals surface area contributed by atoms with Crippen LogP contribution >= 0.6 is 11.3 Å². The van der Waals surface area contributed by atoms with Crippen molar-refractivity contribution in [2.45, 2.75) is 38.8 Å². The van der Waals surface area contributed by atoms with Crippen LogP contribution in [0.15, 0.2) is 11.4 Å². The number of carbonyl (C=O) groups is 2. The van der Waals surface area contributed by atoms with Crippen LogP contribution in [-0.2, 0) is 22.6 Å². The highest BCUT2D eigenvalue weighted by molar-refractivity contribution is 7.10. The fraction of sp³-hybridized carbons (Fsp3) is 0.571. The van der Waals surface area contributed by atoms with Gasteiger partial charge in [0, 0.05) is 18.0 Å². The van der Waals surface area contributed by atoms with Gasteiger partial charge in [-0.25, -0.2) is 0 Å². The average Bonchev–Trinajstić information content (AvgIpc) is 2.89. The van der Waals surface area contributed by atoms with Crippen LogP contribution in [0.1, 0.15) is 30.2 Å². The smallest absolute Gasteiger partial charge is 0.320 e. The number of thiophene rings is 1. The van der Waals surface area contributed by atoms with Crippen molar-refractivity contribution in [1.29, 1.82) is 0 Å². The Morgan fingerprint density at radius 3 is 3.05 bits per heavy atom. The second-order valence-corrected chi connectivity index (χ2v) is 6.00. The van der Waals surface area contributed by atoms with E-state index in [2.05, 4.69) is 16.8 Å². The van der Waals surface area contributed by atoms with Gasteiger partial charge >= 0.3 is 5.97 Å². The maximum absolute atomic E-state index is 12.1. The zero-order valence-corrected chi connectivity index (χ0v) is 12.4. The van der Waals surface area contributed by atoms with E-state index in [1.54, 1.807) is 16.2 Å². The number of nitrogens with one attached hydrogen (secondary N) is 1. The lowest BCUT2D eigenvalue weighted by atomic mass is 10.1. The fourth-order valence-corrected chi connectivity index (χ4v) is 3.27. The van der Waals surface area contributed by atoms with Gasteiger partial charge in [0.25, 0.3) is 0 Å². The van der Waals surface area contributed by atoms with Crippen molar-refractivity contribution in [3.63, 3.8) is 0 Å². The van der Waals surface area contributed by atoms with Gasteiger partial charge in [0.2, 0.25) is 5.91 Å². The van der Waals surface area contributed by atoms with Gasteiger partial charge in [0.05, 0.1) is 6.54 Å². The lowest BCUT2D eigenvalue weighted by Gasteiger charge is -2.27. The molecule has 0 radical (unpaired) electrons. The summed E-state index contributed by atoms with van der Waals surface area (Å²) in [5.41, 5.74) is 1.22. The molecule has 0 fully saturated rings. The molecule has 1 aromatic heterocycles. The zero-order valence-electron chi connectivity index (χ0n) is 11.6. The average molecular weight is 296 g/mol. The summed E-state index contributed by atoms with van der Waals surface area (Å²) < 4.78 is 0. The molecule has 0 saturated heterocycles. The maximum atomic E-state index is 12.1. The normalized spacial score (nSPS) is 15.8. The Morgan fingerprint density at radius 2 is 2.35 bits per heavy atom. The van der Waals surface area contributed by atoms with Gasteiger partial charge in [-0.2, -0.15) is 0 Å². The fourth-order valence-electron chi connectivity index (χ4n) is 2.39. The van der Waals surface area contributed by atoms with Gasteiger partial charge in [-0.1, -0.05) is 13.3 Å². The van der Waals surface area contributed by atoms with E-state index in [9.17, 15) is 9.59 Å². The van der Waals surface area contributed by atoms with Gasteiger partial charge in [-0.3, -0.25) is 14.9 Å². The third-order valence-electron chi connectivity index (χ3n) is 3.54. The molecule has 1 atom stereocenters. The van der Waals surface area contributed by atoms with E-state index in [4.69, 9.17) is 5.11 Å². The predicted molar refractivity (Wildman–Crippen MR) is 77.8 cm³/mol. The molecular weight excluding hydrogens is 276 g/mol. The molecule has 1 aromatic rings. The van der Waals surface area contributed by atoms with Crippen LogP contribution in [0.2, 0.25) is 0 Å². The third kappa shape index (κ3) is 3.58. The number of nitrogens with zero attached hydrogens (tertiary/aromatic N) is 1. The van der Waals surface area contributed by atoms with Crippen molar-refractivity contribution in [3.05, 3.63) is 21.9 Å². The number of hydrogen-bond donors (Lipinski definition) is 2. The van der Waals surface area contributed by atoms with Crippen LogP contribution in [0.4, 0.5) is 0 Å². The molecule has 1 aliphatic rings. The molecule has 1 amide bonds. The summed E-state index contributed by atoms with van der Waals surface area (Å²) in [5.74, 6) is -0.914. The number of carboxylic acid groups (broad SMARTS) is 1. The SMILES string of the molecule is CCCC(NCC(=O)N1CCc2sccc2C1)C(=O)O. The third-order valence-corrected chi connectivity index (χ3v) is 4.56. The molecule has 1 aliphatic heterocycles. The van der Waals surface area contributed by atoms with Crippen LogP contribution in [-0.4, -0.2) is 41.0 Å². The van der Waals surface area contributed by atoms with E-state index in [0.717, 1.165) is 19.4 Å². The molecule has 0 bridgehead atoms. The molecule has 2 N–H and O–H groups in total. The van der Waals surface area contributed by atoms with Gasteiger partial charge in [-0.15, -0.1) is 11.3 Å². The van der Waals surface area contributed by atoms with Gasteiger partial charge in [0.15, 0.2) is 0 Å². The molecular formula is C14H20N2O3S. The molecule has 6 heteroatoms. The molecule has 0 saturated carbocycles. The van der Waals surface area contributed by atoms with Crippen LogP contribution < -0.4 is 5.32 Å². The lowest BCUT2D eigenvalue weighted by molar-refractivity contribution is -0.140. The highest BCUT2D eigenvalue weighted by Gasteiger charge is 2.23. The first-order valence-corrected chi connectivity index (χ1v) is 7.79. The molecule has 1 unspecified atom stereocenters. The summed E-state index contributed by atoms with van der Waals surface area (Å²) in [5, 5.41) is 13.9. The van der Waals surface area contributed by atoms with Crippen molar-refractivity contribution in [1.82, 2.24) is 10.2 Å². The van der Waals surface area contributed by atoms with Crippen LogP contribution in [0.25, 0.3) is 0 Å². The van der Waals surface area contributed by atoms with Crippen molar-refractivity contribution >= 4 is 23.2 Å². The zero-order chi connectivity index (χ0) is 14.5. The number of hydrogen-bond acceptors (Lipinski definition) is 4. The van der Waals surface area contributed by atoms with Crippen LogP contribution in [0, 0.1) is 0 Å². The van der Waals surface area contributed by atoms with E-state index >= 15 is 0 Å². The quantitative estimate of drug-likeness (QED) is 0.834. The van der Waals surface area contributed by atoms with E-state index in [1.807, 2.05) is 6.92 Å². The van der Waals surface area contributed by atoms with Crippen LogP contribution in [0.5, 0.6) is 0 Å². The molecule has 0 aromatic carbocycles. The minimum atomic E-state index is -0.890. The standard InChI is InChI=1S/C14H20N2O3S/c1-2-3-11(14(18)19)15-8-13(17)16-6-4-12-10(9-16)5-7-20-12/h5,7,11,15H,2-4,6,8-9H2,1H3,(H,18,19). The van der Waals surface area contributed by atoms with Crippen molar-refractivity contribution < 1.29 is 14.7 Å². The Morgan fingerprint density at radius 1 is 1.55 bits per heavy atom. The summed E-state index contributed by atoms with van der Waals surface area (Å²) in [6, 6.07) is 1.43. The second kappa shape index (κ2) is 6.85. The molecule has 2 heterocycles. The summed E-state index contributed by atoms with van der Waals surface area (Å²) in [6.45, 7) is 3.39. The van der Waals surface area contributed by atoms with Gasteiger partial charge in [-0.05, 0) is 29.9 Å². The van der Waals surface area contributed by atoms with Crippen LogP contribution in [0.3, 0.4) is 0 Å². The van der Waals surface area contributed by atoms with E-state index in [1.165, 1.54) is 10.4 Å². The topological polar surface area (TPSA) is 69.6 Å². The Kier molecular flexibility index (Phi) is 5.14. The Hall–Kier alpha value is -1.40. The number of aliphatic carboxylic acids is 1. The van der Waals surface area contributed by atoms with Crippen molar-refractivity contribution in [2.75, 3.05) is 13.1 Å². The molecule has 0 aliphatic carbocycles. The van der Waals surface area contributed by atoms with E-state index in [0.29, 0.717) is 13.0 Å². The number of carboxylic acids is 1. The molecule has 0 spiro atoms. The Bertz CT molecular complexity index is 487. The number of amides is 1. The predicted octanol–water partition coefficient (Wildman–Crippen LogP) is 1.48. The molecule has 5 nitrogen and oxygen atoms in total. The van der Waals surface area contributed by atoms with E-state index < -0.39 is 12.0 Å². The molecule has 110 valence electrons. The number of rotatable bonds is 6. The monoisotopic (exact) mass is 296 g/mol. The minimum absolute atomic E-state index is 0.0239. The summed E-state index contributed by atoms with van der Waals surface area (Å²) in [4.78, 5) is 26.3. The van der Waals surface area contributed by atoms with Crippen molar-refractivity contribution in [3.8, 4) is 0 Å². The minimum Gasteiger partial charge on any atom is -0.480 e. The summed E-state index contributed by atoms with van der Waals surface area (Å²) >= 11 is 1.74. The van der Waals surface area contributed by atoms with Gasteiger partial charge in [0.1, 0.15) is 6.04 Å². The molecule has 2 rings (SSSR count). The maximum Gasteiger partial charge on any atom is 0.320 e. The second-order valence-electron chi connectivity index (χ2n) is 4.99. The first-order chi connectivity index (χ1) is 9.61. The first kappa shape index (κ1) is 15.0. The Labute approximate surface area is 122 Å².